The Balaban J connectivity index is 0.00000182. The van der Waals surface area contributed by atoms with Gasteiger partial charge in [0, 0.05) is 36.6 Å². The molecule has 8 heteroatoms. The SMILES string of the molecule is Cc1ccc(Oc2ccc(NC(=O)CC3CSCCN3)cn2)cc1C.Cl.Cl. The lowest BCUT2D eigenvalue weighted by Gasteiger charge is -2.22. The molecule has 1 fully saturated rings. The molecule has 1 aromatic heterocycles. The van der Waals surface area contributed by atoms with Gasteiger partial charge in [-0.05, 0) is 43.2 Å². The number of benzene rings is 1. The van der Waals surface area contributed by atoms with Crippen molar-refractivity contribution in [1.82, 2.24) is 10.3 Å². The van der Waals surface area contributed by atoms with Crippen LogP contribution in [-0.4, -0.2) is 35.0 Å². The Hall–Kier alpha value is -1.47. The van der Waals surface area contributed by atoms with Crippen LogP contribution < -0.4 is 15.4 Å². The minimum atomic E-state index is 0. The van der Waals surface area contributed by atoms with Crippen molar-refractivity contribution in [2.24, 2.45) is 0 Å². The largest absolute Gasteiger partial charge is 0.439 e. The van der Waals surface area contributed by atoms with Gasteiger partial charge in [0.2, 0.25) is 11.8 Å². The molecule has 1 unspecified atom stereocenters. The van der Waals surface area contributed by atoms with E-state index in [4.69, 9.17) is 4.74 Å². The summed E-state index contributed by atoms with van der Waals surface area (Å²) in [6.07, 6.45) is 2.10. The smallest absolute Gasteiger partial charge is 0.226 e. The van der Waals surface area contributed by atoms with Crippen LogP contribution in [0.4, 0.5) is 5.69 Å². The van der Waals surface area contributed by atoms with Crippen molar-refractivity contribution in [3.63, 3.8) is 0 Å². The van der Waals surface area contributed by atoms with Crippen molar-refractivity contribution in [2.45, 2.75) is 26.3 Å². The van der Waals surface area contributed by atoms with E-state index in [-0.39, 0.29) is 36.8 Å². The molecule has 2 aromatic rings. The quantitative estimate of drug-likeness (QED) is 0.738. The van der Waals surface area contributed by atoms with Gasteiger partial charge < -0.3 is 15.4 Å². The number of nitrogens with zero attached hydrogens (tertiary/aromatic N) is 1. The number of carbonyl (C=O) groups excluding carboxylic acids is 1. The van der Waals surface area contributed by atoms with Gasteiger partial charge in [-0.15, -0.1) is 24.8 Å². The lowest BCUT2D eigenvalue weighted by atomic mass is 10.1. The molecule has 2 heterocycles. The van der Waals surface area contributed by atoms with Crippen LogP contribution in [0.5, 0.6) is 11.6 Å². The maximum atomic E-state index is 12.1. The summed E-state index contributed by atoms with van der Waals surface area (Å²) in [7, 11) is 0. The van der Waals surface area contributed by atoms with Crippen LogP contribution >= 0.6 is 36.6 Å². The van der Waals surface area contributed by atoms with E-state index < -0.39 is 0 Å². The summed E-state index contributed by atoms with van der Waals surface area (Å²) < 4.78 is 5.76. The van der Waals surface area contributed by atoms with Crippen molar-refractivity contribution >= 4 is 48.2 Å². The Labute approximate surface area is 176 Å². The number of carbonyl (C=O) groups is 1. The van der Waals surface area contributed by atoms with Crippen LogP contribution in [-0.2, 0) is 4.79 Å². The highest BCUT2D eigenvalue weighted by atomic mass is 35.5. The maximum Gasteiger partial charge on any atom is 0.226 e. The molecule has 1 aliphatic rings. The lowest BCUT2D eigenvalue weighted by molar-refractivity contribution is -0.116. The molecule has 3 rings (SSSR count). The van der Waals surface area contributed by atoms with Crippen molar-refractivity contribution in [2.75, 3.05) is 23.4 Å². The first-order chi connectivity index (χ1) is 12.1. The topological polar surface area (TPSA) is 63.2 Å². The van der Waals surface area contributed by atoms with E-state index in [0.717, 1.165) is 23.8 Å². The highest BCUT2D eigenvalue weighted by Gasteiger charge is 2.16. The number of hydrogen-bond donors (Lipinski definition) is 2. The third-order valence-electron chi connectivity index (χ3n) is 4.15. The van der Waals surface area contributed by atoms with E-state index in [1.807, 2.05) is 43.0 Å². The Morgan fingerprint density at radius 1 is 1.26 bits per heavy atom. The van der Waals surface area contributed by atoms with E-state index >= 15 is 0 Å². The molecule has 0 radical (unpaired) electrons. The molecule has 1 saturated heterocycles. The van der Waals surface area contributed by atoms with E-state index in [9.17, 15) is 4.79 Å². The van der Waals surface area contributed by atoms with Crippen molar-refractivity contribution < 1.29 is 9.53 Å². The summed E-state index contributed by atoms with van der Waals surface area (Å²) >= 11 is 1.88. The van der Waals surface area contributed by atoms with Crippen LogP contribution in [0.25, 0.3) is 0 Å². The Morgan fingerprint density at radius 2 is 2.07 bits per heavy atom. The minimum absolute atomic E-state index is 0. The second kappa shape index (κ2) is 11.4. The number of halogens is 2. The predicted octanol–water partition coefficient (Wildman–Crippen LogP) is 4.37. The molecule has 1 atom stereocenters. The highest BCUT2D eigenvalue weighted by Crippen LogP contribution is 2.23. The molecule has 0 saturated carbocycles. The summed E-state index contributed by atoms with van der Waals surface area (Å²) in [5.74, 6) is 3.36. The summed E-state index contributed by atoms with van der Waals surface area (Å²) in [5, 5.41) is 6.25. The van der Waals surface area contributed by atoms with Crippen LogP contribution in [0.1, 0.15) is 17.5 Å². The van der Waals surface area contributed by atoms with Gasteiger partial charge in [0.15, 0.2) is 0 Å². The monoisotopic (exact) mass is 429 g/mol. The van der Waals surface area contributed by atoms with Gasteiger partial charge in [0.25, 0.3) is 0 Å². The maximum absolute atomic E-state index is 12.1. The van der Waals surface area contributed by atoms with Gasteiger partial charge in [0.05, 0.1) is 11.9 Å². The highest BCUT2D eigenvalue weighted by molar-refractivity contribution is 7.99. The van der Waals surface area contributed by atoms with Gasteiger partial charge >= 0.3 is 0 Å². The van der Waals surface area contributed by atoms with Gasteiger partial charge in [-0.1, -0.05) is 6.07 Å². The van der Waals surface area contributed by atoms with Crippen molar-refractivity contribution in [3.8, 4) is 11.6 Å². The number of nitrogens with one attached hydrogen (secondary N) is 2. The molecule has 0 aliphatic carbocycles. The number of aromatic nitrogens is 1. The lowest BCUT2D eigenvalue weighted by Crippen LogP contribution is -2.39. The van der Waals surface area contributed by atoms with Crippen LogP contribution in [0.15, 0.2) is 36.5 Å². The van der Waals surface area contributed by atoms with Crippen LogP contribution in [0.2, 0.25) is 0 Å². The third-order valence-corrected chi connectivity index (χ3v) is 5.28. The molecular weight excluding hydrogens is 405 g/mol. The fraction of sp³-hybridized carbons (Fsp3) is 0.368. The molecule has 27 heavy (non-hydrogen) atoms. The summed E-state index contributed by atoms with van der Waals surface area (Å²) in [5.41, 5.74) is 3.08. The number of ether oxygens (including phenoxy) is 1. The van der Waals surface area contributed by atoms with E-state index in [1.165, 1.54) is 11.1 Å². The first-order valence-corrected chi connectivity index (χ1v) is 9.58. The second-order valence-electron chi connectivity index (χ2n) is 6.21. The zero-order valence-electron chi connectivity index (χ0n) is 15.4. The minimum Gasteiger partial charge on any atom is -0.439 e. The molecule has 1 aromatic carbocycles. The fourth-order valence-electron chi connectivity index (χ4n) is 2.60. The van der Waals surface area contributed by atoms with Crippen LogP contribution in [0, 0.1) is 13.8 Å². The number of rotatable bonds is 5. The first kappa shape index (κ1) is 23.6. The van der Waals surface area contributed by atoms with Gasteiger partial charge in [-0.2, -0.15) is 11.8 Å². The predicted molar refractivity (Wildman–Crippen MR) is 117 cm³/mol. The number of thioether (sulfide) groups is 1. The molecule has 148 valence electrons. The molecule has 5 nitrogen and oxygen atoms in total. The summed E-state index contributed by atoms with van der Waals surface area (Å²) in [6.45, 7) is 5.08. The molecule has 2 N–H and O–H groups in total. The van der Waals surface area contributed by atoms with E-state index in [2.05, 4.69) is 22.5 Å². The zero-order valence-corrected chi connectivity index (χ0v) is 17.8. The Kier molecular flexibility index (Phi) is 9.94. The average Bonchev–Trinajstić information content (AvgIpc) is 2.61. The fourth-order valence-corrected chi connectivity index (χ4v) is 3.55. The number of amides is 1. The van der Waals surface area contributed by atoms with Crippen molar-refractivity contribution in [3.05, 3.63) is 47.7 Å². The molecule has 0 spiro atoms. The standard InChI is InChI=1S/C19H23N3O2S.2ClH/c1-13-3-5-17(9-14(13)2)24-19-6-4-15(11-21-19)22-18(23)10-16-12-25-8-7-20-16;;/h3-6,9,11,16,20H,7-8,10,12H2,1-2H3,(H,22,23);2*1H. The second-order valence-corrected chi connectivity index (χ2v) is 7.36. The van der Waals surface area contributed by atoms with Crippen molar-refractivity contribution in [1.29, 1.82) is 0 Å². The average molecular weight is 430 g/mol. The van der Waals surface area contributed by atoms with Crippen LogP contribution in [0.3, 0.4) is 0 Å². The number of hydrogen-bond acceptors (Lipinski definition) is 5. The Morgan fingerprint density at radius 3 is 2.70 bits per heavy atom. The van der Waals surface area contributed by atoms with E-state index in [0.29, 0.717) is 18.0 Å². The molecule has 0 bridgehead atoms. The normalized spacial score (nSPS) is 15.9. The third kappa shape index (κ3) is 7.22. The summed E-state index contributed by atoms with van der Waals surface area (Å²) in [6, 6.07) is 9.76. The zero-order chi connectivity index (χ0) is 17.6. The number of anilines is 1. The summed E-state index contributed by atoms with van der Waals surface area (Å²) in [4.78, 5) is 16.4. The molecule has 1 amide bonds. The van der Waals surface area contributed by atoms with Gasteiger partial charge in [0.1, 0.15) is 5.75 Å². The molecular formula is C19H25Cl2N3O2S. The van der Waals surface area contributed by atoms with E-state index in [1.54, 1.807) is 12.3 Å². The Bertz CT molecular complexity index is 738. The number of pyridine rings is 1. The first-order valence-electron chi connectivity index (χ1n) is 8.42. The van der Waals surface area contributed by atoms with Gasteiger partial charge in [-0.25, -0.2) is 4.98 Å². The number of aryl methyl sites for hydroxylation is 2. The molecule has 1 aliphatic heterocycles. The van der Waals surface area contributed by atoms with Gasteiger partial charge in [-0.3, -0.25) is 4.79 Å².